The van der Waals surface area contributed by atoms with E-state index >= 15 is 0 Å². The van der Waals surface area contributed by atoms with Crippen LogP contribution in [0.1, 0.15) is 38.4 Å². The lowest BCUT2D eigenvalue weighted by Gasteiger charge is -2.46. The van der Waals surface area contributed by atoms with Crippen LogP contribution < -0.4 is 5.32 Å². The highest BCUT2D eigenvalue weighted by Gasteiger charge is 2.46. The molecule has 1 fully saturated rings. The van der Waals surface area contributed by atoms with E-state index < -0.39 is 23.4 Å². The van der Waals surface area contributed by atoms with Gasteiger partial charge in [0.2, 0.25) is 0 Å². The average Bonchev–Trinajstić information content (AvgIpc) is 3.32. The quantitative estimate of drug-likeness (QED) is 0.601. The number of H-pyrrole nitrogens is 1. The van der Waals surface area contributed by atoms with E-state index in [9.17, 15) is 19.1 Å². The summed E-state index contributed by atoms with van der Waals surface area (Å²) in [7, 11) is 0. The van der Waals surface area contributed by atoms with Gasteiger partial charge in [0, 0.05) is 24.8 Å². The van der Waals surface area contributed by atoms with Crippen LogP contribution in [0.5, 0.6) is 0 Å². The van der Waals surface area contributed by atoms with E-state index in [2.05, 4.69) is 15.5 Å². The molecule has 0 saturated carbocycles. The highest BCUT2D eigenvalue weighted by atomic mass is 19.1. The van der Waals surface area contributed by atoms with E-state index in [-0.39, 0.29) is 24.4 Å². The molecule has 1 aromatic heterocycles. The molecule has 0 unspecified atom stereocenters. The minimum absolute atomic E-state index is 0.0230. The Kier molecular flexibility index (Phi) is 5.56. The molecular formula is C23H23FN4O3. The summed E-state index contributed by atoms with van der Waals surface area (Å²) in [5, 5.41) is 20.6. The van der Waals surface area contributed by atoms with Crippen LogP contribution in [0.15, 0.2) is 60.8 Å². The van der Waals surface area contributed by atoms with Crippen molar-refractivity contribution in [3.8, 4) is 0 Å². The fourth-order valence-corrected chi connectivity index (χ4v) is 4.06. The summed E-state index contributed by atoms with van der Waals surface area (Å²) < 4.78 is 13.8. The predicted octanol–water partition coefficient (Wildman–Crippen LogP) is 2.39. The maximum atomic E-state index is 13.8. The van der Waals surface area contributed by atoms with Crippen molar-refractivity contribution in [3.63, 3.8) is 0 Å². The third kappa shape index (κ3) is 3.94. The zero-order valence-corrected chi connectivity index (χ0v) is 17.0. The molecule has 1 aliphatic heterocycles. The fraction of sp³-hybridized carbons (Fsp3) is 0.261. The van der Waals surface area contributed by atoms with Crippen molar-refractivity contribution in [1.29, 1.82) is 0 Å². The van der Waals surface area contributed by atoms with Gasteiger partial charge < -0.3 is 15.3 Å². The number of nitrogens with one attached hydrogen (secondary N) is 2. The molecule has 31 heavy (non-hydrogen) atoms. The zero-order chi connectivity index (χ0) is 22.0. The number of rotatable bonds is 4. The van der Waals surface area contributed by atoms with Crippen molar-refractivity contribution in [2.75, 3.05) is 13.1 Å². The molecule has 2 amide bonds. The van der Waals surface area contributed by atoms with Crippen LogP contribution in [0.2, 0.25) is 0 Å². The highest BCUT2D eigenvalue weighted by Crippen LogP contribution is 2.34. The molecule has 0 bridgehead atoms. The number of piperidine rings is 1. The summed E-state index contributed by atoms with van der Waals surface area (Å²) in [5.74, 6) is -1.26. The number of carbonyl (C=O) groups excluding carboxylic acids is 2. The van der Waals surface area contributed by atoms with Gasteiger partial charge in [-0.05, 0) is 42.7 Å². The van der Waals surface area contributed by atoms with Crippen molar-refractivity contribution >= 4 is 11.8 Å². The molecule has 3 aromatic rings. The number of likely N-dealkylation sites (tertiary alicyclic amines) is 1. The van der Waals surface area contributed by atoms with Gasteiger partial charge >= 0.3 is 0 Å². The van der Waals surface area contributed by atoms with Crippen molar-refractivity contribution in [2.45, 2.75) is 25.0 Å². The maximum Gasteiger partial charge on any atom is 0.271 e. The number of aliphatic hydroxyl groups excluding tert-OH is 1. The van der Waals surface area contributed by atoms with Crippen LogP contribution in [0.4, 0.5) is 4.39 Å². The Morgan fingerprint density at radius 2 is 2.00 bits per heavy atom. The van der Waals surface area contributed by atoms with Gasteiger partial charge in [0.15, 0.2) is 0 Å². The summed E-state index contributed by atoms with van der Waals surface area (Å²) in [6, 6.07) is 14.8. The van der Waals surface area contributed by atoms with Crippen molar-refractivity contribution in [3.05, 3.63) is 89.0 Å². The molecule has 1 aliphatic rings. The number of nitrogens with zero attached hydrogens (tertiary/aromatic N) is 2. The topological polar surface area (TPSA) is 98.3 Å². The molecule has 1 saturated heterocycles. The molecule has 0 radical (unpaired) electrons. The Bertz CT molecular complexity index is 1090. The Hall–Kier alpha value is -3.52. The summed E-state index contributed by atoms with van der Waals surface area (Å²) >= 11 is 0. The van der Waals surface area contributed by atoms with Crippen molar-refractivity contribution < 1.29 is 19.1 Å². The van der Waals surface area contributed by atoms with Gasteiger partial charge in [-0.3, -0.25) is 14.7 Å². The standard InChI is InChI=1S/C23H23FN4O3/c1-15-7-8-17(24)13-18(15)21(30)26-23(16-5-3-2-4-6-16)10-12-28(14-20(23)29)22(31)19-9-11-25-27-19/h2-9,11,13,20,29H,10,12,14H2,1H3,(H,25,27)(H,26,30)/t20-,23+/m1/s1. The molecule has 2 aromatic carbocycles. The molecule has 4 rings (SSSR count). The second-order valence-electron chi connectivity index (χ2n) is 7.74. The first kappa shape index (κ1) is 20.7. The molecule has 2 heterocycles. The summed E-state index contributed by atoms with van der Waals surface area (Å²) in [4.78, 5) is 27.4. The van der Waals surface area contributed by atoms with E-state index in [0.717, 1.165) is 5.56 Å². The second kappa shape index (κ2) is 8.31. The molecule has 8 heteroatoms. The molecule has 2 atom stereocenters. The lowest BCUT2D eigenvalue weighted by Crippen LogP contribution is -2.62. The van der Waals surface area contributed by atoms with Gasteiger partial charge in [-0.15, -0.1) is 0 Å². The minimum Gasteiger partial charge on any atom is -0.388 e. The van der Waals surface area contributed by atoms with Crippen LogP contribution in [-0.2, 0) is 5.54 Å². The maximum absolute atomic E-state index is 13.8. The number of aromatic amines is 1. The number of aromatic nitrogens is 2. The first-order valence-electron chi connectivity index (χ1n) is 10.0. The van der Waals surface area contributed by atoms with E-state index in [0.29, 0.717) is 17.8 Å². The lowest BCUT2D eigenvalue weighted by molar-refractivity contribution is -0.0109. The van der Waals surface area contributed by atoms with Gasteiger partial charge in [-0.2, -0.15) is 5.10 Å². The lowest BCUT2D eigenvalue weighted by atomic mass is 9.78. The average molecular weight is 422 g/mol. The summed E-state index contributed by atoms with van der Waals surface area (Å²) in [5.41, 5.74) is 0.765. The van der Waals surface area contributed by atoms with Crippen molar-refractivity contribution in [2.24, 2.45) is 0 Å². The number of aryl methyl sites for hydroxylation is 1. The van der Waals surface area contributed by atoms with E-state index in [1.165, 1.54) is 23.2 Å². The van der Waals surface area contributed by atoms with Crippen LogP contribution in [0.3, 0.4) is 0 Å². The summed E-state index contributed by atoms with van der Waals surface area (Å²) in [6.45, 7) is 2.06. The Balaban J connectivity index is 1.65. The number of benzene rings is 2. The number of hydrogen-bond acceptors (Lipinski definition) is 4. The number of amides is 2. The fourth-order valence-electron chi connectivity index (χ4n) is 4.06. The third-order valence-corrected chi connectivity index (χ3v) is 5.83. The third-order valence-electron chi connectivity index (χ3n) is 5.83. The van der Waals surface area contributed by atoms with Gasteiger partial charge in [0.05, 0.1) is 11.6 Å². The van der Waals surface area contributed by atoms with Gasteiger partial charge in [0.25, 0.3) is 11.8 Å². The first-order valence-corrected chi connectivity index (χ1v) is 10.0. The molecule has 160 valence electrons. The number of halogens is 1. The SMILES string of the molecule is Cc1ccc(F)cc1C(=O)N[C@]1(c2ccccc2)CCN(C(=O)c2ccn[nH]2)C[C@H]1O. The molecule has 0 aliphatic carbocycles. The van der Waals surface area contributed by atoms with E-state index in [4.69, 9.17) is 0 Å². The molecule has 0 spiro atoms. The number of β-amino-alcohol motifs (C(OH)–C–C–N with tert-alkyl or cyclic N) is 1. The molecular weight excluding hydrogens is 399 g/mol. The van der Waals surface area contributed by atoms with E-state index in [1.54, 1.807) is 19.1 Å². The van der Waals surface area contributed by atoms with Gasteiger partial charge in [-0.1, -0.05) is 36.4 Å². The largest absolute Gasteiger partial charge is 0.388 e. The number of hydrogen-bond donors (Lipinski definition) is 3. The van der Waals surface area contributed by atoms with Crippen molar-refractivity contribution in [1.82, 2.24) is 20.4 Å². The van der Waals surface area contributed by atoms with E-state index in [1.807, 2.05) is 30.3 Å². The number of aliphatic hydroxyl groups is 1. The smallest absolute Gasteiger partial charge is 0.271 e. The van der Waals surface area contributed by atoms with Crippen LogP contribution >= 0.6 is 0 Å². The molecule has 7 nitrogen and oxygen atoms in total. The second-order valence-corrected chi connectivity index (χ2v) is 7.74. The normalized spacial score (nSPS) is 21.0. The summed E-state index contributed by atoms with van der Waals surface area (Å²) in [6.07, 6.45) is 0.704. The van der Waals surface area contributed by atoms with Crippen LogP contribution in [0, 0.1) is 12.7 Å². The Morgan fingerprint density at radius 3 is 2.68 bits per heavy atom. The van der Waals surface area contributed by atoms with Crippen LogP contribution in [0.25, 0.3) is 0 Å². The zero-order valence-electron chi connectivity index (χ0n) is 17.0. The Morgan fingerprint density at radius 1 is 1.23 bits per heavy atom. The molecule has 3 N–H and O–H groups in total. The highest BCUT2D eigenvalue weighted by molar-refractivity contribution is 5.96. The van der Waals surface area contributed by atoms with Crippen LogP contribution in [-0.4, -0.2) is 51.2 Å². The van der Waals surface area contributed by atoms with Gasteiger partial charge in [0.1, 0.15) is 11.5 Å². The predicted molar refractivity (Wildman–Crippen MR) is 112 cm³/mol. The monoisotopic (exact) mass is 422 g/mol. The number of carbonyl (C=O) groups is 2. The Labute approximate surface area is 178 Å². The minimum atomic E-state index is -1.12. The first-order chi connectivity index (χ1) is 14.9. The van der Waals surface area contributed by atoms with Gasteiger partial charge in [-0.25, -0.2) is 4.39 Å².